The number of halogens is 2. The van der Waals surface area contributed by atoms with E-state index in [9.17, 15) is 4.39 Å². The van der Waals surface area contributed by atoms with Crippen LogP contribution in [-0.2, 0) is 11.3 Å². The lowest BCUT2D eigenvalue weighted by atomic mass is 10.3. The van der Waals surface area contributed by atoms with Crippen LogP contribution in [0, 0.1) is 12.7 Å². The van der Waals surface area contributed by atoms with Crippen LogP contribution < -0.4 is 5.32 Å². The molecule has 6 heteroatoms. The van der Waals surface area contributed by atoms with Crippen molar-refractivity contribution in [2.45, 2.75) is 19.9 Å². The molecule has 2 aromatic rings. The van der Waals surface area contributed by atoms with Crippen molar-refractivity contribution in [1.29, 1.82) is 0 Å². The minimum atomic E-state index is -0.433. The van der Waals surface area contributed by atoms with E-state index in [4.69, 9.17) is 16.3 Å². The van der Waals surface area contributed by atoms with Gasteiger partial charge in [0.1, 0.15) is 5.82 Å². The third-order valence-corrected chi connectivity index (χ3v) is 3.11. The molecule has 0 atom stereocenters. The van der Waals surface area contributed by atoms with Gasteiger partial charge < -0.3 is 14.6 Å². The average Bonchev–Trinajstić information content (AvgIpc) is 2.74. The molecule has 0 saturated heterocycles. The molecule has 0 fully saturated rings. The van der Waals surface area contributed by atoms with Gasteiger partial charge in [-0.25, -0.2) is 9.37 Å². The van der Waals surface area contributed by atoms with E-state index in [0.717, 1.165) is 18.7 Å². The monoisotopic (exact) mass is 297 g/mol. The van der Waals surface area contributed by atoms with Crippen molar-refractivity contribution in [2.75, 3.05) is 19.0 Å². The lowest BCUT2D eigenvalue weighted by molar-refractivity contribution is 0.190. The summed E-state index contributed by atoms with van der Waals surface area (Å²) < 4.78 is 20.2. The summed E-state index contributed by atoms with van der Waals surface area (Å²) >= 11 is 5.77. The summed E-state index contributed by atoms with van der Waals surface area (Å²) in [5.41, 5.74) is 1.62. The van der Waals surface area contributed by atoms with Gasteiger partial charge in [0.05, 0.1) is 10.7 Å². The number of nitrogens with one attached hydrogen (secondary N) is 1. The molecule has 0 bridgehead atoms. The van der Waals surface area contributed by atoms with Gasteiger partial charge in [-0.15, -0.1) is 0 Å². The fourth-order valence-electron chi connectivity index (χ4n) is 1.90. The second-order valence-corrected chi connectivity index (χ2v) is 4.91. The van der Waals surface area contributed by atoms with Crippen molar-refractivity contribution < 1.29 is 9.13 Å². The summed E-state index contributed by atoms with van der Waals surface area (Å²) in [6.07, 6.45) is 2.86. The standard InChI is InChI=1S/C14H17ClFN3O/c1-10-9-19(6-3-7-20-2)14(17-10)18-11-4-5-13(16)12(15)8-11/h4-5,8-9H,3,6-7H2,1-2H3,(H,17,18). The van der Waals surface area contributed by atoms with E-state index in [0.29, 0.717) is 18.2 Å². The van der Waals surface area contributed by atoms with Gasteiger partial charge in [0, 0.05) is 32.1 Å². The minimum absolute atomic E-state index is 0.0872. The number of methoxy groups -OCH3 is 1. The third kappa shape index (κ3) is 3.71. The van der Waals surface area contributed by atoms with Crippen LogP contribution in [0.2, 0.25) is 5.02 Å². The van der Waals surface area contributed by atoms with Gasteiger partial charge in [-0.2, -0.15) is 0 Å². The van der Waals surface area contributed by atoms with Crippen molar-refractivity contribution in [3.63, 3.8) is 0 Å². The van der Waals surface area contributed by atoms with Crippen LogP contribution >= 0.6 is 11.6 Å². The Kier molecular flexibility index (Phi) is 4.98. The lowest BCUT2D eigenvalue weighted by Crippen LogP contribution is -2.05. The lowest BCUT2D eigenvalue weighted by Gasteiger charge is -2.10. The normalized spacial score (nSPS) is 10.8. The molecule has 0 aliphatic heterocycles. The van der Waals surface area contributed by atoms with Gasteiger partial charge in [-0.1, -0.05) is 11.6 Å². The molecule has 0 spiro atoms. The van der Waals surface area contributed by atoms with Crippen LogP contribution in [0.4, 0.5) is 16.0 Å². The number of anilines is 2. The predicted molar refractivity (Wildman–Crippen MR) is 78.1 cm³/mol. The molecule has 1 N–H and O–H groups in total. The molecule has 1 aromatic heterocycles. The average molecular weight is 298 g/mol. The highest BCUT2D eigenvalue weighted by Crippen LogP contribution is 2.22. The second kappa shape index (κ2) is 6.72. The minimum Gasteiger partial charge on any atom is -0.385 e. The van der Waals surface area contributed by atoms with E-state index in [2.05, 4.69) is 10.3 Å². The molecule has 0 unspecified atom stereocenters. The van der Waals surface area contributed by atoms with Crippen LogP contribution in [0.1, 0.15) is 12.1 Å². The zero-order valence-corrected chi connectivity index (χ0v) is 12.2. The molecule has 0 aliphatic rings. The van der Waals surface area contributed by atoms with Gasteiger partial charge in [0.15, 0.2) is 0 Å². The summed E-state index contributed by atoms with van der Waals surface area (Å²) in [6.45, 7) is 3.42. The first kappa shape index (κ1) is 14.8. The van der Waals surface area contributed by atoms with Crippen LogP contribution in [0.5, 0.6) is 0 Å². The zero-order valence-electron chi connectivity index (χ0n) is 11.5. The van der Waals surface area contributed by atoms with Crippen molar-refractivity contribution in [3.8, 4) is 0 Å². The van der Waals surface area contributed by atoms with Gasteiger partial charge in [-0.05, 0) is 31.5 Å². The number of imidazole rings is 1. The summed E-state index contributed by atoms with van der Waals surface area (Å²) in [4.78, 5) is 4.41. The molecule has 4 nitrogen and oxygen atoms in total. The van der Waals surface area contributed by atoms with Crippen LogP contribution in [-0.4, -0.2) is 23.3 Å². The molecule has 1 aromatic carbocycles. The highest BCUT2D eigenvalue weighted by molar-refractivity contribution is 6.31. The maximum atomic E-state index is 13.1. The number of rotatable bonds is 6. The van der Waals surface area contributed by atoms with Crippen molar-refractivity contribution in [3.05, 3.63) is 40.9 Å². The van der Waals surface area contributed by atoms with Gasteiger partial charge >= 0.3 is 0 Å². The van der Waals surface area contributed by atoms with E-state index in [1.165, 1.54) is 6.07 Å². The van der Waals surface area contributed by atoms with Gasteiger partial charge in [-0.3, -0.25) is 0 Å². The van der Waals surface area contributed by atoms with Gasteiger partial charge in [0.25, 0.3) is 0 Å². The fraction of sp³-hybridized carbons (Fsp3) is 0.357. The highest BCUT2D eigenvalue weighted by Gasteiger charge is 2.07. The Morgan fingerprint density at radius 3 is 2.95 bits per heavy atom. The summed E-state index contributed by atoms with van der Waals surface area (Å²) in [5.74, 6) is 0.276. The number of hydrogen-bond acceptors (Lipinski definition) is 3. The second-order valence-electron chi connectivity index (χ2n) is 4.50. The smallest absolute Gasteiger partial charge is 0.207 e. The van der Waals surface area contributed by atoms with E-state index < -0.39 is 5.82 Å². The number of aryl methyl sites for hydroxylation is 2. The number of aromatic nitrogens is 2. The van der Waals surface area contributed by atoms with E-state index in [-0.39, 0.29) is 5.02 Å². The van der Waals surface area contributed by atoms with E-state index >= 15 is 0 Å². The first-order chi connectivity index (χ1) is 9.60. The molecule has 0 radical (unpaired) electrons. The first-order valence-electron chi connectivity index (χ1n) is 6.35. The van der Waals surface area contributed by atoms with Crippen molar-refractivity contribution in [1.82, 2.24) is 9.55 Å². The largest absolute Gasteiger partial charge is 0.385 e. The maximum absolute atomic E-state index is 13.1. The Bertz CT molecular complexity index is 586. The quantitative estimate of drug-likeness (QED) is 0.825. The topological polar surface area (TPSA) is 39.1 Å². The Morgan fingerprint density at radius 2 is 2.25 bits per heavy atom. The maximum Gasteiger partial charge on any atom is 0.207 e. The molecular weight excluding hydrogens is 281 g/mol. The van der Waals surface area contributed by atoms with E-state index in [1.807, 2.05) is 17.7 Å². The third-order valence-electron chi connectivity index (χ3n) is 2.82. The molecular formula is C14H17ClFN3O. The predicted octanol–water partition coefficient (Wildman–Crippen LogP) is 3.76. The Hall–Kier alpha value is -1.59. The van der Waals surface area contributed by atoms with Crippen LogP contribution in [0.25, 0.3) is 0 Å². The molecule has 0 amide bonds. The summed E-state index contributed by atoms with van der Waals surface area (Å²) in [6, 6.07) is 4.50. The summed E-state index contributed by atoms with van der Waals surface area (Å²) in [7, 11) is 1.68. The molecule has 20 heavy (non-hydrogen) atoms. The van der Waals surface area contributed by atoms with Gasteiger partial charge in [0.2, 0.25) is 5.95 Å². The SMILES string of the molecule is COCCCn1cc(C)nc1Nc1ccc(F)c(Cl)c1. The summed E-state index contributed by atoms with van der Waals surface area (Å²) in [5, 5.41) is 3.24. The van der Waals surface area contributed by atoms with Crippen LogP contribution in [0.3, 0.4) is 0 Å². The zero-order chi connectivity index (χ0) is 14.5. The first-order valence-corrected chi connectivity index (χ1v) is 6.72. The number of benzene rings is 1. The fourth-order valence-corrected chi connectivity index (χ4v) is 2.08. The molecule has 2 rings (SSSR count). The molecule has 1 heterocycles. The van der Waals surface area contributed by atoms with Crippen LogP contribution in [0.15, 0.2) is 24.4 Å². The Morgan fingerprint density at radius 1 is 1.45 bits per heavy atom. The number of ether oxygens (including phenoxy) is 1. The Labute approximate surface area is 122 Å². The molecule has 0 aliphatic carbocycles. The van der Waals surface area contributed by atoms with Crippen molar-refractivity contribution >= 4 is 23.2 Å². The molecule has 0 saturated carbocycles. The Balaban J connectivity index is 2.13. The van der Waals surface area contributed by atoms with E-state index in [1.54, 1.807) is 19.2 Å². The number of nitrogens with zero attached hydrogens (tertiary/aromatic N) is 2. The number of hydrogen-bond donors (Lipinski definition) is 1. The highest BCUT2D eigenvalue weighted by atomic mass is 35.5. The van der Waals surface area contributed by atoms with Crippen molar-refractivity contribution in [2.24, 2.45) is 0 Å². The molecule has 108 valence electrons.